The smallest absolute Gasteiger partial charge is 0.329 e. The first kappa shape index (κ1) is 20.4. The fraction of sp³-hybridized carbons (Fsp3) is 0.591. The normalized spacial score (nSPS) is 27.8. The predicted octanol–water partition coefficient (Wildman–Crippen LogP) is 2.62. The largest absolute Gasteiger partial charge is 0.480 e. The zero-order valence-corrected chi connectivity index (χ0v) is 16.5. The van der Waals surface area contributed by atoms with Crippen molar-refractivity contribution in [2.75, 3.05) is 13.1 Å². The van der Waals surface area contributed by atoms with Crippen molar-refractivity contribution >= 4 is 17.8 Å². The first-order chi connectivity index (χ1) is 13.4. The van der Waals surface area contributed by atoms with Gasteiger partial charge in [-0.2, -0.15) is 0 Å². The van der Waals surface area contributed by atoms with Crippen LogP contribution >= 0.6 is 0 Å². The van der Waals surface area contributed by atoms with Gasteiger partial charge >= 0.3 is 5.97 Å². The first-order valence-corrected chi connectivity index (χ1v) is 10.3. The molecule has 1 aromatic carbocycles. The number of aliphatic carboxylic acids is 1. The molecule has 2 aliphatic rings. The number of nitrogens with zero attached hydrogens (tertiary/aromatic N) is 1. The van der Waals surface area contributed by atoms with Gasteiger partial charge in [0.1, 0.15) is 5.54 Å². The van der Waals surface area contributed by atoms with Crippen LogP contribution in [0.25, 0.3) is 0 Å². The summed E-state index contributed by atoms with van der Waals surface area (Å²) in [5, 5.41) is 12.6. The van der Waals surface area contributed by atoms with Gasteiger partial charge < -0.3 is 15.3 Å². The number of nitrogens with one attached hydrogen (secondary N) is 1. The van der Waals surface area contributed by atoms with E-state index in [0.717, 1.165) is 24.8 Å². The van der Waals surface area contributed by atoms with E-state index in [1.54, 1.807) is 4.90 Å². The van der Waals surface area contributed by atoms with Gasteiger partial charge in [-0.05, 0) is 50.0 Å². The van der Waals surface area contributed by atoms with E-state index in [9.17, 15) is 19.5 Å². The molecule has 1 aromatic rings. The zero-order valence-electron chi connectivity index (χ0n) is 16.5. The predicted molar refractivity (Wildman–Crippen MR) is 106 cm³/mol. The summed E-state index contributed by atoms with van der Waals surface area (Å²) >= 11 is 0. The lowest BCUT2D eigenvalue weighted by molar-refractivity contribution is -0.151. The van der Waals surface area contributed by atoms with Gasteiger partial charge in [-0.3, -0.25) is 9.59 Å². The molecule has 1 atom stereocenters. The Kier molecular flexibility index (Phi) is 6.37. The molecule has 28 heavy (non-hydrogen) atoms. The van der Waals surface area contributed by atoms with Crippen LogP contribution in [0.15, 0.2) is 30.3 Å². The van der Waals surface area contributed by atoms with E-state index >= 15 is 0 Å². The highest BCUT2D eigenvalue weighted by atomic mass is 16.4. The lowest BCUT2D eigenvalue weighted by Gasteiger charge is -2.39. The molecule has 152 valence electrons. The van der Waals surface area contributed by atoms with Crippen molar-refractivity contribution in [2.45, 2.75) is 57.4 Å². The molecule has 1 saturated heterocycles. The lowest BCUT2D eigenvalue weighted by atomic mass is 9.76. The van der Waals surface area contributed by atoms with Crippen molar-refractivity contribution in [2.24, 2.45) is 11.8 Å². The number of hydrogen-bond acceptors (Lipinski definition) is 3. The lowest BCUT2D eigenvalue weighted by Crippen LogP contribution is -2.59. The van der Waals surface area contributed by atoms with Crippen LogP contribution in [0.1, 0.15) is 51.0 Å². The highest BCUT2D eigenvalue weighted by molar-refractivity contribution is 5.89. The molecule has 6 nitrogen and oxygen atoms in total. The Bertz CT molecular complexity index is 711. The third-order valence-electron chi connectivity index (χ3n) is 6.24. The Balaban J connectivity index is 1.60. The Morgan fingerprint density at radius 2 is 1.82 bits per heavy atom. The molecule has 1 unspecified atom stereocenters. The number of carbonyl (C=O) groups excluding carboxylic acids is 2. The summed E-state index contributed by atoms with van der Waals surface area (Å²) in [7, 11) is 0. The molecule has 2 N–H and O–H groups in total. The van der Waals surface area contributed by atoms with Crippen LogP contribution in [0.3, 0.4) is 0 Å². The van der Waals surface area contributed by atoms with Crippen LogP contribution in [0.4, 0.5) is 0 Å². The second-order valence-electron chi connectivity index (χ2n) is 8.40. The monoisotopic (exact) mass is 386 g/mol. The van der Waals surface area contributed by atoms with Crippen LogP contribution < -0.4 is 5.32 Å². The standard InChI is InChI=1S/C22H30N2O4/c1-16-9-11-22(12-10-16,21(27)28)23-20(26)18-8-5-13-24(15-18)19(25)14-17-6-3-2-4-7-17/h2-4,6-7,16,18H,5,8-15H2,1H3,(H,23,26)(H,27,28). The molecule has 6 heteroatoms. The van der Waals surface area contributed by atoms with Crippen LogP contribution in [0.5, 0.6) is 0 Å². The summed E-state index contributed by atoms with van der Waals surface area (Å²) in [6.07, 6.45) is 4.32. The number of carboxylic acid groups (broad SMARTS) is 1. The molecule has 1 saturated carbocycles. The molecule has 0 spiro atoms. The van der Waals surface area contributed by atoms with Crippen LogP contribution in [0.2, 0.25) is 0 Å². The maximum absolute atomic E-state index is 12.9. The fourth-order valence-electron chi connectivity index (χ4n) is 4.29. The van der Waals surface area contributed by atoms with E-state index in [1.165, 1.54) is 0 Å². The minimum Gasteiger partial charge on any atom is -0.480 e. The number of piperidine rings is 1. The van der Waals surface area contributed by atoms with Gasteiger partial charge in [0.15, 0.2) is 0 Å². The van der Waals surface area contributed by atoms with Crippen molar-refractivity contribution in [1.82, 2.24) is 10.2 Å². The fourth-order valence-corrected chi connectivity index (χ4v) is 4.29. The van der Waals surface area contributed by atoms with Crippen molar-refractivity contribution in [3.63, 3.8) is 0 Å². The third-order valence-corrected chi connectivity index (χ3v) is 6.24. The summed E-state index contributed by atoms with van der Waals surface area (Å²) in [5.41, 5.74) is -0.194. The number of likely N-dealkylation sites (tertiary alicyclic amines) is 1. The van der Waals surface area contributed by atoms with Crippen LogP contribution in [-0.4, -0.2) is 46.4 Å². The minimum absolute atomic E-state index is 0.0168. The van der Waals surface area contributed by atoms with Gasteiger partial charge in [0, 0.05) is 13.1 Å². The van der Waals surface area contributed by atoms with E-state index < -0.39 is 11.5 Å². The highest BCUT2D eigenvalue weighted by Gasteiger charge is 2.44. The Hall–Kier alpha value is -2.37. The minimum atomic E-state index is -1.15. The van der Waals surface area contributed by atoms with Gasteiger partial charge in [0.25, 0.3) is 0 Å². The van der Waals surface area contributed by atoms with E-state index in [4.69, 9.17) is 0 Å². The summed E-state index contributed by atoms with van der Waals surface area (Å²) in [6.45, 7) is 3.13. The van der Waals surface area contributed by atoms with E-state index in [0.29, 0.717) is 44.7 Å². The van der Waals surface area contributed by atoms with Gasteiger partial charge in [-0.15, -0.1) is 0 Å². The maximum atomic E-state index is 12.9. The third kappa shape index (κ3) is 4.72. The Labute approximate surface area is 166 Å². The van der Waals surface area contributed by atoms with Crippen molar-refractivity contribution in [3.05, 3.63) is 35.9 Å². The molecular formula is C22H30N2O4. The van der Waals surface area contributed by atoms with E-state index in [2.05, 4.69) is 12.2 Å². The molecule has 0 radical (unpaired) electrons. The summed E-state index contributed by atoms with van der Waals surface area (Å²) in [4.78, 5) is 39.1. The van der Waals surface area contributed by atoms with Crippen molar-refractivity contribution in [3.8, 4) is 0 Å². The van der Waals surface area contributed by atoms with E-state index in [1.807, 2.05) is 30.3 Å². The molecule has 1 aliphatic carbocycles. The summed E-state index contributed by atoms with van der Waals surface area (Å²) in [6, 6.07) is 9.58. The Morgan fingerprint density at radius 3 is 2.46 bits per heavy atom. The molecule has 0 aromatic heterocycles. The second-order valence-corrected chi connectivity index (χ2v) is 8.40. The Morgan fingerprint density at radius 1 is 1.14 bits per heavy atom. The first-order valence-electron chi connectivity index (χ1n) is 10.3. The maximum Gasteiger partial charge on any atom is 0.329 e. The topological polar surface area (TPSA) is 86.7 Å². The zero-order chi connectivity index (χ0) is 20.1. The number of amides is 2. The van der Waals surface area contributed by atoms with Gasteiger partial charge in [-0.1, -0.05) is 37.3 Å². The molecule has 2 amide bonds. The second kappa shape index (κ2) is 8.76. The number of benzene rings is 1. The number of rotatable bonds is 5. The van der Waals surface area contributed by atoms with Crippen molar-refractivity contribution in [1.29, 1.82) is 0 Å². The highest BCUT2D eigenvalue weighted by Crippen LogP contribution is 2.33. The number of hydrogen-bond donors (Lipinski definition) is 2. The molecule has 1 heterocycles. The average molecular weight is 386 g/mol. The van der Waals surface area contributed by atoms with Crippen molar-refractivity contribution < 1.29 is 19.5 Å². The molecule has 3 rings (SSSR count). The average Bonchev–Trinajstić information content (AvgIpc) is 2.70. The SMILES string of the molecule is CC1CCC(NC(=O)C2CCCN(C(=O)Cc3ccccc3)C2)(C(=O)O)CC1. The van der Waals surface area contributed by atoms with Crippen LogP contribution in [-0.2, 0) is 20.8 Å². The molecule has 2 fully saturated rings. The molecule has 1 aliphatic heterocycles. The van der Waals surface area contributed by atoms with Gasteiger partial charge in [0.2, 0.25) is 11.8 Å². The van der Waals surface area contributed by atoms with Gasteiger partial charge in [0.05, 0.1) is 12.3 Å². The summed E-state index contributed by atoms with van der Waals surface area (Å²) < 4.78 is 0. The van der Waals surface area contributed by atoms with Crippen LogP contribution in [0, 0.1) is 11.8 Å². The van der Waals surface area contributed by atoms with E-state index in [-0.39, 0.29) is 17.7 Å². The quantitative estimate of drug-likeness (QED) is 0.814. The number of carbonyl (C=O) groups is 3. The number of carboxylic acids is 1. The molecular weight excluding hydrogens is 356 g/mol. The van der Waals surface area contributed by atoms with Gasteiger partial charge in [-0.25, -0.2) is 4.79 Å². The molecule has 0 bridgehead atoms. The summed E-state index contributed by atoms with van der Waals surface area (Å²) in [5.74, 6) is -1.01.